The summed E-state index contributed by atoms with van der Waals surface area (Å²) >= 11 is 12.3. The maximum absolute atomic E-state index is 11.0. The molecule has 0 aliphatic rings. The summed E-state index contributed by atoms with van der Waals surface area (Å²) in [5, 5.41) is 22.0. The van der Waals surface area contributed by atoms with E-state index in [-0.39, 0.29) is 11.4 Å². The van der Waals surface area contributed by atoms with Gasteiger partial charge in [-0.05, 0) is 25.7 Å². The number of rotatable bonds is 10. The fraction of sp³-hybridized carbons (Fsp3) is 0.333. The summed E-state index contributed by atoms with van der Waals surface area (Å²) in [5.41, 5.74) is -0.220. The number of hydrogen-bond acceptors (Lipinski definition) is 5. The normalized spacial score (nSPS) is 13.1. The quantitative estimate of drug-likeness (QED) is 0.303. The van der Waals surface area contributed by atoms with Crippen LogP contribution in [0.5, 0.6) is 0 Å². The fourth-order valence-electron chi connectivity index (χ4n) is 2.63. The molecule has 0 bridgehead atoms. The van der Waals surface area contributed by atoms with Gasteiger partial charge in [0.15, 0.2) is 0 Å². The number of hydrogen-bond donors (Lipinski definition) is 0. The lowest BCUT2D eigenvalue weighted by atomic mass is 10.1. The van der Waals surface area contributed by atoms with Crippen LogP contribution < -0.4 is 0 Å². The highest BCUT2D eigenvalue weighted by Gasteiger charge is 2.18. The number of alkyl halides is 2. The van der Waals surface area contributed by atoms with E-state index in [2.05, 4.69) is 0 Å². The molecule has 0 aromatic heterocycles. The number of aryl methyl sites for hydroxylation is 2. The molecule has 2 rings (SSSR count). The zero-order valence-corrected chi connectivity index (χ0v) is 15.8. The average molecular weight is 413 g/mol. The molecule has 0 radical (unpaired) electrons. The molecular formula is C18H18Cl2N2O5. The second kappa shape index (κ2) is 10.2. The van der Waals surface area contributed by atoms with Crippen LogP contribution in [0.15, 0.2) is 48.5 Å². The van der Waals surface area contributed by atoms with Crippen molar-refractivity contribution in [1.29, 1.82) is 0 Å². The Bertz CT molecular complexity index is 737. The van der Waals surface area contributed by atoms with Gasteiger partial charge in [-0.1, -0.05) is 59.6 Å². The van der Waals surface area contributed by atoms with Crippen molar-refractivity contribution in [2.45, 2.75) is 36.8 Å². The summed E-state index contributed by atoms with van der Waals surface area (Å²) in [7, 11) is 0. The second-order valence-corrected chi connectivity index (χ2v) is 6.78. The zero-order chi connectivity index (χ0) is 19.8. The van der Waals surface area contributed by atoms with Crippen molar-refractivity contribution in [3.63, 3.8) is 0 Å². The third-order valence-corrected chi connectivity index (χ3v) is 4.60. The summed E-state index contributed by atoms with van der Waals surface area (Å²) in [5.74, 6) is 0. The van der Waals surface area contributed by atoms with E-state index < -0.39 is 21.0 Å². The Morgan fingerprint density at radius 2 is 1.15 bits per heavy atom. The minimum absolute atomic E-state index is 0.0418. The van der Waals surface area contributed by atoms with Crippen LogP contribution in [0.25, 0.3) is 0 Å². The van der Waals surface area contributed by atoms with Crippen LogP contribution in [-0.4, -0.2) is 21.0 Å². The molecule has 2 aromatic carbocycles. The van der Waals surface area contributed by atoms with E-state index in [9.17, 15) is 20.2 Å². The molecule has 0 aliphatic heterocycles. The highest BCUT2D eigenvalue weighted by Crippen LogP contribution is 2.24. The van der Waals surface area contributed by atoms with Crippen LogP contribution in [-0.2, 0) is 17.6 Å². The molecule has 2 atom stereocenters. The van der Waals surface area contributed by atoms with Gasteiger partial charge in [-0.15, -0.1) is 0 Å². The van der Waals surface area contributed by atoms with Gasteiger partial charge in [0, 0.05) is 23.3 Å². The number of nitro benzene ring substituents is 2. The lowest BCUT2D eigenvalue weighted by Crippen LogP contribution is -2.15. The molecule has 2 aromatic rings. The molecule has 2 unspecified atom stereocenters. The van der Waals surface area contributed by atoms with E-state index in [0.29, 0.717) is 36.8 Å². The molecule has 0 spiro atoms. The minimum atomic E-state index is -0.724. The van der Waals surface area contributed by atoms with E-state index in [4.69, 9.17) is 27.9 Å². The van der Waals surface area contributed by atoms with E-state index in [1.54, 1.807) is 36.4 Å². The SMILES string of the molecule is O=[N+]([O-])c1ccccc1CCC(Cl)OC(Cl)CCc1ccccc1[N+](=O)[O-]. The highest BCUT2D eigenvalue weighted by molar-refractivity contribution is 6.21. The Balaban J connectivity index is 1.83. The Labute approximate surface area is 166 Å². The number of para-hydroxylation sites is 2. The van der Waals surface area contributed by atoms with Gasteiger partial charge in [0.05, 0.1) is 9.85 Å². The number of ether oxygens (including phenoxy) is 1. The molecule has 0 saturated heterocycles. The summed E-state index contributed by atoms with van der Waals surface area (Å²) in [6.07, 6.45) is 1.44. The summed E-state index contributed by atoms with van der Waals surface area (Å²) in [4.78, 5) is 21.2. The van der Waals surface area contributed by atoms with Crippen molar-refractivity contribution in [3.05, 3.63) is 79.9 Å². The fourth-order valence-corrected chi connectivity index (χ4v) is 3.15. The van der Waals surface area contributed by atoms with Crippen LogP contribution in [0.3, 0.4) is 0 Å². The molecule has 0 aliphatic carbocycles. The van der Waals surface area contributed by atoms with Crippen LogP contribution in [0.1, 0.15) is 24.0 Å². The molecule has 0 saturated carbocycles. The Kier molecular flexibility index (Phi) is 7.97. The Hall–Kier alpha value is -2.22. The first-order chi connectivity index (χ1) is 12.9. The first kappa shape index (κ1) is 21.1. The monoisotopic (exact) mass is 412 g/mol. The second-order valence-electron chi connectivity index (χ2n) is 5.81. The topological polar surface area (TPSA) is 95.5 Å². The molecule has 27 heavy (non-hydrogen) atoms. The van der Waals surface area contributed by atoms with Crippen LogP contribution in [0.4, 0.5) is 11.4 Å². The maximum atomic E-state index is 11.0. The minimum Gasteiger partial charge on any atom is -0.344 e. The van der Waals surface area contributed by atoms with Gasteiger partial charge in [0.1, 0.15) is 11.1 Å². The number of benzene rings is 2. The summed E-state index contributed by atoms with van der Waals surface area (Å²) < 4.78 is 5.49. The maximum Gasteiger partial charge on any atom is 0.272 e. The van der Waals surface area contributed by atoms with Crippen molar-refractivity contribution in [3.8, 4) is 0 Å². The smallest absolute Gasteiger partial charge is 0.272 e. The van der Waals surface area contributed by atoms with Crippen molar-refractivity contribution in [1.82, 2.24) is 0 Å². The lowest BCUT2D eigenvalue weighted by Gasteiger charge is -2.16. The largest absolute Gasteiger partial charge is 0.344 e. The van der Waals surface area contributed by atoms with Crippen LogP contribution >= 0.6 is 23.2 Å². The van der Waals surface area contributed by atoms with Gasteiger partial charge in [-0.2, -0.15) is 0 Å². The molecule has 0 amide bonds. The first-order valence-electron chi connectivity index (χ1n) is 8.26. The van der Waals surface area contributed by atoms with Crippen LogP contribution in [0.2, 0.25) is 0 Å². The van der Waals surface area contributed by atoms with E-state index in [1.165, 1.54) is 12.1 Å². The van der Waals surface area contributed by atoms with Crippen molar-refractivity contribution in [2.75, 3.05) is 0 Å². The first-order valence-corrected chi connectivity index (χ1v) is 9.14. The van der Waals surface area contributed by atoms with Crippen molar-refractivity contribution >= 4 is 34.6 Å². The Morgan fingerprint density at radius 3 is 1.52 bits per heavy atom. The van der Waals surface area contributed by atoms with Crippen LogP contribution in [0, 0.1) is 20.2 Å². The third-order valence-electron chi connectivity index (χ3n) is 3.95. The lowest BCUT2D eigenvalue weighted by molar-refractivity contribution is -0.385. The van der Waals surface area contributed by atoms with E-state index >= 15 is 0 Å². The molecule has 144 valence electrons. The molecule has 0 N–H and O–H groups in total. The molecular weight excluding hydrogens is 395 g/mol. The standard InChI is InChI=1S/C18H18Cl2N2O5/c19-17(11-9-13-5-1-3-7-15(13)21(23)24)27-18(20)12-10-14-6-2-4-8-16(14)22(25)26/h1-8,17-18H,9-12H2. The highest BCUT2D eigenvalue weighted by atomic mass is 35.5. The molecule has 7 nitrogen and oxygen atoms in total. The van der Waals surface area contributed by atoms with E-state index in [1.807, 2.05) is 0 Å². The number of halogens is 2. The summed E-state index contributed by atoms with van der Waals surface area (Å²) in [6.45, 7) is 0. The molecule has 0 heterocycles. The average Bonchev–Trinajstić information content (AvgIpc) is 2.65. The predicted octanol–water partition coefficient (Wildman–Crippen LogP) is 5.21. The number of nitro groups is 2. The molecule has 9 heteroatoms. The van der Waals surface area contributed by atoms with Gasteiger partial charge in [0.25, 0.3) is 11.4 Å². The van der Waals surface area contributed by atoms with Gasteiger partial charge in [0.2, 0.25) is 0 Å². The van der Waals surface area contributed by atoms with Gasteiger partial charge in [-0.3, -0.25) is 20.2 Å². The Morgan fingerprint density at radius 1 is 0.778 bits per heavy atom. The van der Waals surface area contributed by atoms with E-state index in [0.717, 1.165) is 0 Å². The number of nitrogens with zero attached hydrogens (tertiary/aromatic N) is 2. The van der Waals surface area contributed by atoms with Gasteiger partial charge < -0.3 is 4.74 Å². The summed E-state index contributed by atoms with van der Waals surface area (Å²) in [6, 6.07) is 12.9. The van der Waals surface area contributed by atoms with Crippen molar-refractivity contribution < 1.29 is 14.6 Å². The zero-order valence-electron chi connectivity index (χ0n) is 14.3. The third kappa shape index (κ3) is 6.46. The van der Waals surface area contributed by atoms with Gasteiger partial charge >= 0.3 is 0 Å². The van der Waals surface area contributed by atoms with Crippen molar-refractivity contribution in [2.24, 2.45) is 0 Å². The molecule has 0 fully saturated rings. The predicted molar refractivity (Wildman–Crippen MR) is 103 cm³/mol. The van der Waals surface area contributed by atoms with Gasteiger partial charge in [-0.25, -0.2) is 0 Å².